The molecule has 0 aliphatic carbocycles. The van der Waals surface area contributed by atoms with E-state index >= 15 is 0 Å². The van der Waals surface area contributed by atoms with E-state index in [1.165, 1.54) is 7.11 Å². The molecule has 0 N–H and O–H groups in total. The topological polar surface area (TPSA) is 52.6 Å². The zero-order chi connectivity index (χ0) is 11.0. The maximum atomic E-state index is 11.1. The summed E-state index contributed by atoms with van der Waals surface area (Å²) in [5.74, 6) is -1.14. The van der Waals surface area contributed by atoms with Crippen molar-refractivity contribution < 1.29 is 19.1 Å². The number of rotatable bonds is 6. The first-order valence-corrected chi connectivity index (χ1v) is 4.85. The minimum absolute atomic E-state index is 0.0936. The van der Waals surface area contributed by atoms with E-state index in [2.05, 4.69) is 4.74 Å². The summed E-state index contributed by atoms with van der Waals surface area (Å²) in [5.41, 5.74) is 0. The summed E-state index contributed by atoms with van der Waals surface area (Å²) in [7, 11) is 1.31. The normalized spacial score (nSPS) is 11.9. The Labute approximate surface area is 84.6 Å². The third kappa shape index (κ3) is 5.56. The lowest BCUT2D eigenvalue weighted by Crippen LogP contribution is -2.18. The third-order valence-electron chi connectivity index (χ3n) is 1.84. The van der Waals surface area contributed by atoms with Crippen LogP contribution >= 0.6 is 0 Å². The number of carbonyl (C=O) groups is 2. The average molecular weight is 202 g/mol. The van der Waals surface area contributed by atoms with Crippen LogP contribution in [-0.2, 0) is 19.1 Å². The molecule has 4 heteroatoms. The number of unbranched alkanes of at least 4 members (excludes halogenated alkanes) is 1. The Morgan fingerprint density at radius 2 is 2.00 bits per heavy atom. The van der Waals surface area contributed by atoms with Gasteiger partial charge in [-0.15, -0.1) is 0 Å². The molecule has 0 saturated heterocycles. The SMILES string of the molecule is CCCCOC(=O)CC(C)C(=O)OC. The fraction of sp³-hybridized carbons (Fsp3) is 0.800. The van der Waals surface area contributed by atoms with Crippen LogP contribution in [0.1, 0.15) is 33.1 Å². The van der Waals surface area contributed by atoms with Gasteiger partial charge in [-0.2, -0.15) is 0 Å². The Morgan fingerprint density at radius 3 is 2.50 bits per heavy atom. The predicted octanol–water partition coefficient (Wildman–Crippen LogP) is 1.53. The van der Waals surface area contributed by atoms with E-state index in [-0.39, 0.29) is 18.4 Å². The summed E-state index contributed by atoms with van der Waals surface area (Å²) >= 11 is 0. The summed E-state index contributed by atoms with van der Waals surface area (Å²) in [6, 6.07) is 0. The average Bonchev–Trinajstić information content (AvgIpc) is 2.16. The van der Waals surface area contributed by atoms with Gasteiger partial charge >= 0.3 is 11.9 Å². The smallest absolute Gasteiger partial charge is 0.308 e. The van der Waals surface area contributed by atoms with E-state index in [1.54, 1.807) is 6.92 Å². The van der Waals surface area contributed by atoms with Crippen molar-refractivity contribution in [1.82, 2.24) is 0 Å². The first-order valence-electron chi connectivity index (χ1n) is 4.85. The Hall–Kier alpha value is -1.06. The lowest BCUT2D eigenvalue weighted by molar-refractivity contribution is -0.152. The van der Waals surface area contributed by atoms with E-state index < -0.39 is 5.92 Å². The summed E-state index contributed by atoms with van der Waals surface area (Å²) in [5, 5.41) is 0. The van der Waals surface area contributed by atoms with Gasteiger partial charge < -0.3 is 9.47 Å². The van der Waals surface area contributed by atoms with Crippen LogP contribution in [0.2, 0.25) is 0 Å². The molecule has 1 unspecified atom stereocenters. The van der Waals surface area contributed by atoms with E-state index in [1.807, 2.05) is 6.92 Å². The fourth-order valence-corrected chi connectivity index (χ4v) is 0.924. The van der Waals surface area contributed by atoms with Gasteiger partial charge in [-0.1, -0.05) is 20.3 Å². The van der Waals surface area contributed by atoms with Gasteiger partial charge in [0.2, 0.25) is 0 Å². The number of hydrogen-bond donors (Lipinski definition) is 0. The Morgan fingerprint density at radius 1 is 1.36 bits per heavy atom. The first kappa shape index (κ1) is 12.9. The highest BCUT2D eigenvalue weighted by Gasteiger charge is 2.17. The Bertz CT molecular complexity index is 189. The van der Waals surface area contributed by atoms with E-state index in [0.717, 1.165) is 12.8 Å². The maximum absolute atomic E-state index is 11.1. The van der Waals surface area contributed by atoms with Crippen molar-refractivity contribution >= 4 is 11.9 Å². The molecule has 1 atom stereocenters. The van der Waals surface area contributed by atoms with Crippen LogP contribution < -0.4 is 0 Å². The van der Waals surface area contributed by atoms with Gasteiger partial charge in [0.1, 0.15) is 0 Å². The zero-order valence-electron chi connectivity index (χ0n) is 9.04. The van der Waals surface area contributed by atoms with Crippen molar-refractivity contribution in [3.63, 3.8) is 0 Å². The van der Waals surface area contributed by atoms with Crippen LogP contribution in [0.5, 0.6) is 0 Å². The van der Waals surface area contributed by atoms with Crippen molar-refractivity contribution in [2.75, 3.05) is 13.7 Å². The van der Waals surface area contributed by atoms with Crippen molar-refractivity contribution in [2.24, 2.45) is 5.92 Å². The molecule has 0 amide bonds. The largest absolute Gasteiger partial charge is 0.469 e. The monoisotopic (exact) mass is 202 g/mol. The Kier molecular flexibility index (Phi) is 6.80. The van der Waals surface area contributed by atoms with Gasteiger partial charge in [-0.25, -0.2) is 0 Å². The van der Waals surface area contributed by atoms with E-state index in [0.29, 0.717) is 6.61 Å². The van der Waals surface area contributed by atoms with Crippen LogP contribution in [0.15, 0.2) is 0 Å². The van der Waals surface area contributed by atoms with Gasteiger partial charge in [0.05, 0.1) is 26.1 Å². The first-order chi connectivity index (χ1) is 6.61. The van der Waals surface area contributed by atoms with Crippen molar-refractivity contribution in [3.8, 4) is 0 Å². The summed E-state index contributed by atoms with van der Waals surface area (Å²) in [6.45, 7) is 4.10. The molecule has 0 saturated carbocycles. The van der Waals surface area contributed by atoms with E-state index in [9.17, 15) is 9.59 Å². The fourth-order valence-electron chi connectivity index (χ4n) is 0.924. The molecule has 0 aromatic heterocycles. The molecule has 82 valence electrons. The highest BCUT2D eigenvalue weighted by molar-refractivity contribution is 5.79. The minimum Gasteiger partial charge on any atom is -0.469 e. The number of methoxy groups -OCH3 is 1. The van der Waals surface area contributed by atoms with Crippen LogP contribution in [-0.4, -0.2) is 25.7 Å². The molecule has 4 nitrogen and oxygen atoms in total. The summed E-state index contributed by atoms with van der Waals surface area (Å²) < 4.78 is 9.39. The minimum atomic E-state index is -0.422. The molecule has 0 aliphatic rings. The van der Waals surface area contributed by atoms with Gasteiger partial charge in [-0.05, 0) is 6.42 Å². The number of ether oxygens (including phenoxy) is 2. The second kappa shape index (κ2) is 7.35. The van der Waals surface area contributed by atoms with Gasteiger partial charge in [0, 0.05) is 0 Å². The third-order valence-corrected chi connectivity index (χ3v) is 1.84. The standard InChI is InChI=1S/C10H18O4/c1-4-5-6-14-9(11)7-8(2)10(12)13-3/h8H,4-7H2,1-3H3. The highest BCUT2D eigenvalue weighted by atomic mass is 16.5. The van der Waals surface area contributed by atoms with Crippen LogP contribution in [0.4, 0.5) is 0 Å². The second-order valence-corrected chi connectivity index (χ2v) is 3.20. The summed E-state index contributed by atoms with van der Waals surface area (Å²) in [4.78, 5) is 22.1. The molecular formula is C10H18O4. The molecule has 0 spiro atoms. The lowest BCUT2D eigenvalue weighted by Gasteiger charge is -2.08. The molecule has 0 rings (SSSR count). The lowest BCUT2D eigenvalue weighted by atomic mass is 10.1. The molecule has 0 bridgehead atoms. The number of hydrogen-bond acceptors (Lipinski definition) is 4. The van der Waals surface area contributed by atoms with Crippen LogP contribution in [0.3, 0.4) is 0 Å². The predicted molar refractivity (Wildman–Crippen MR) is 51.7 cm³/mol. The number of carbonyl (C=O) groups excluding carboxylic acids is 2. The molecule has 0 heterocycles. The molecule has 0 radical (unpaired) electrons. The van der Waals surface area contributed by atoms with Gasteiger partial charge in [0.15, 0.2) is 0 Å². The molecule has 0 fully saturated rings. The van der Waals surface area contributed by atoms with Crippen molar-refractivity contribution in [3.05, 3.63) is 0 Å². The van der Waals surface area contributed by atoms with Crippen LogP contribution in [0, 0.1) is 5.92 Å². The number of esters is 2. The maximum Gasteiger partial charge on any atom is 0.308 e. The quantitative estimate of drug-likeness (QED) is 0.484. The summed E-state index contributed by atoms with van der Waals surface area (Å²) in [6.07, 6.45) is 1.94. The van der Waals surface area contributed by atoms with E-state index in [4.69, 9.17) is 4.74 Å². The van der Waals surface area contributed by atoms with Gasteiger partial charge in [0.25, 0.3) is 0 Å². The van der Waals surface area contributed by atoms with Crippen LogP contribution in [0.25, 0.3) is 0 Å². The highest BCUT2D eigenvalue weighted by Crippen LogP contribution is 2.05. The zero-order valence-corrected chi connectivity index (χ0v) is 9.04. The second-order valence-electron chi connectivity index (χ2n) is 3.20. The molecule has 14 heavy (non-hydrogen) atoms. The molecule has 0 aliphatic heterocycles. The van der Waals surface area contributed by atoms with Crippen molar-refractivity contribution in [1.29, 1.82) is 0 Å². The molecule has 0 aromatic carbocycles. The molecular weight excluding hydrogens is 184 g/mol. The van der Waals surface area contributed by atoms with Gasteiger partial charge in [-0.3, -0.25) is 9.59 Å². The molecule has 0 aromatic rings. The Balaban J connectivity index is 3.65. The van der Waals surface area contributed by atoms with Crippen molar-refractivity contribution in [2.45, 2.75) is 33.1 Å².